The number of methoxy groups -OCH3 is 1. The Morgan fingerprint density at radius 1 is 1.14 bits per heavy atom. The summed E-state index contributed by atoms with van der Waals surface area (Å²) in [5, 5.41) is 0. The van der Waals surface area contributed by atoms with E-state index < -0.39 is 0 Å². The lowest BCUT2D eigenvalue weighted by atomic mass is 9.97. The third-order valence-corrected chi connectivity index (χ3v) is 7.91. The molecule has 1 aromatic heterocycles. The standard InChI is InChI=1S/C31H39N3O3/c1-36-17-5-10-29-28-9-3-2-7-25(28)21-34(29)27-8-4-16-33(22-27)31(35)20-26(32)19-23-12-14-24(15-13-23)30-11-6-18-37-30/h2-3,6-7,9,11-15,18,26-27,29H,4-5,8,10,16-17,19-22,32H2,1H3/t26-,27-,29?/m1/s1. The number of carbonyl (C=O) groups is 1. The molecule has 0 saturated carbocycles. The lowest BCUT2D eigenvalue weighted by Gasteiger charge is -2.40. The number of likely N-dealkylation sites (tertiary alicyclic amines) is 1. The van der Waals surface area contributed by atoms with Crippen LogP contribution in [0, 0.1) is 0 Å². The predicted octanol–water partition coefficient (Wildman–Crippen LogP) is 5.18. The van der Waals surface area contributed by atoms with E-state index in [0.29, 0.717) is 24.9 Å². The average molecular weight is 502 g/mol. The van der Waals surface area contributed by atoms with E-state index in [2.05, 4.69) is 58.3 Å². The minimum atomic E-state index is -0.194. The Bertz CT molecular complexity index is 1140. The number of nitrogens with zero attached hydrogens (tertiary/aromatic N) is 2. The first-order valence-electron chi connectivity index (χ1n) is 13.6. The van der Waals surface area contributed by atoms with Crippen molar-refractivity contribution < 1.29 is 13.9 Å². The van der Waals surface area contributed by atoms with Crippen molar-refractivity contribution in [2.75, 3.05) is 26.8 Å². The van der Waals surface area contributed by atoms with Crippen LogP contribution in [0.5, 0.6) is 0 Å². The number of fused-ring (bicyclic) bond motifs is 1. The molecule has 6 heteroatoms. The number of piperidine rings is 1. The van der Waals surface area contributed by atoms with E-state index in [4.69, 9.17) is 14.9 Å². The zero-order valence-electron chi connectivity index (χ0n) is 21.9. The van der Waals surface area contributed by atoms with Gasteiger partial charge < -0.3 is 19.8 Å². The highest BCUT2D eigenvalue weighted by Gasteiger charge is 2.37. The van der Waals surface area contributed by atoms with Crippen LogP contribution in [-0.2, 0) is 22.5 Å². The number of nitrogens with two attached hydrogens (primary N) is 1. The molecule has 0 bridgehead atoms. The molecule has 196 valence electrons. The molecular weight excluding hydrogens is 462 g/mol. The second-order valence-electron chi connectivity index (χ2n) is 10.5. The van der Waals surface area contributed by atoms with E-state index >= 15 is 0 Å². The third-order valence-electron chi connectivity index (χ3n) is 7.91. The van der Waals surface area contributed by atoms with Crippen LogP contribution in [0.2, 0.25) is 0 Å². The quantitative estimate of drug-likeness (QED) is 0.388. The largest absolute Gasteiger partial charge is 0.464 e. The Labute approximate surface area is 220 Å². The third kappa shape index (κ3) is 6.15. The molecule has 1 unspecified atom stereocenters. The van der Waals surface area contributed by atoms with Crippen LogP contribution in [0.1, 0.15) is 54.8 Å². The number of furan rings is 1. The first kappa shape index (κ1) is 25.7. The van der Waals surface area contributed by atoms with Gasteiger partial charge in [-0.15, -0.1) is 0 Å². The average Bonchev–Trinajstić information content (AvgIpc) is 3.58. The SMILES string of the molecule is COCCCC1c2ccccc2CN1[C@@H]1CCCN(C(=O)C[C@H](N)Cc2ccc(-c3ccco3)cc2)C1. The van der Waals surface area contributed by atoms with Gasteiger partial charge in [-0.1, -0.05) is 48.5 Å². The van der Waals surface area contributed by atoms with Gasteiger partial charge in [0.05, 0.1) is 6.26 Å². The minimum absolute atomic E-state index is 0.178. The summed E-state index contributed by atoms with van der Waals surface area (Å²) < 4.78 is 10.8. The molecule has 6 nitrogen and oxygen atoms in total. The molecule has 3 atom stereocenters. The van der Waals surface area contributed by atoms with Gasteiger partial charge in [-0.05, 0) is 60.9 Å². The van der Waals surface area contributed by atoms with Crippen LogP contribution in [0.3, 0.4) is 0 Å². The fraction of sp³-hybridized carbons (Fsp3) is 0.452. The maximum atomic E-state index is 13.3. The molecule has 2 aliphatic rings. The van der Waals surface area contributed by atoms with Crippen molar-refractivity contribution >= 4 is 5.91 Å². The summed E-state index contributed by atoms with van der Waals surface area (Å²) in [7, 11) is 1.77. The fourth-order valence-corrected chi connectivity index (χ4v) is 6.04. The Morgan fingerprint density at radius 2 is 1.97 bits per heavy atom. The van der Waals surface area contributed by atoms with Crippen molar-refractivity contribution in [3.05, 3.63) is 83.6 Å². The summed E-state index contributed by atoms with van der Waals surface area (Å²) in [5.41, 5.74) is 11.5. The molecule has 2 N–H and O–H groups in total. The van der Waals surface area contributed by atoms with Gasteiger partial charge in [0.25, 0.3) is 0 Å². The maximum Gasteiger partial charge on any atom is 0.224 e. The number of hydrogen-bond acceptors (Lipinski definition) is 5. The summed E-state index contributed by atoms with van der Waals surface area (Å²) in [4.78, 5) is 18.0. The normalized spacial score (nSPS) is 20.6. The van der Waals surface area contributed by atoms with Gasteiger partial charge in [0, 0.05) is 63.5 Å². The van der Waals surface area contributed by atoms with E-state index in [1.54, 1.807) is 13.4 Å². The zero-order valence-corrected chi connectivity index (χ0v) is 21.9. The Kier molecular flexibility index (Phi) is 8.39. The van der Waals surface area contributed by atoms with Crippen LogP contribution in [0.15, 0.2) is 71.3 Å². The predicted molar refractivity (Wildman–Crippen MR) is 146 cm³/mol. The number of rotatable bonds is 10. The lowest BCUT2D eigenvalue weighted by Crippen LogP contribution is -2.50. The highest BCUT2D eigenvalue weighted by Crippen LogP contribution is 2.39. The molecule has 3 heterocycles. The number of amides is 1. The Balaban J connectivity index is 1.17. The van der Waals surface area contributed by atoms with E-state index in [1.807, 2.05) is 12.1 Å². The van der Waals surface area contributed by atoms with E-state index in [9.17, 15) is 4.79 Å². The molecule has 1 amide bonds. The Hall–Kier alpha value is -2.93. The monoisotopic (exact) mass is 501 g/mol. The van der Waals surface area contributed by atoms with Gasteiger partial charge in [-0.2, -0.15) is 0 Å². The maximum absolute atomic E-state index is 13.3. The van der Waals surface area contributed by atoms with Gasteiger partial charge >= 0.3 is 0 Å². The molecular formula is C31H39N3O3. The van der Waals surface area contributed by atoms with E-state index in [1.165, 1.54) is 11.1 Å². The van der Waals surface area contributed by atoms with Crippen molar-refractivity contribution in [1.82, 2.24) is 9.80 Å². The van der Waals surface area contributed by atoms with Gasteiger partial charge in [0.1, 0.15) is 5.76 Å². The number of ether oxygens (including phenoxy) is 1. The van der Waals surface area contributed by atoms with Crippen LogP contribution < -0.4 is 5.73 Å². The molecule has 0 aliphatic carbocycles. The smallest absolute Gasteiger partial charge is 0.224 e. The van der Waals surface area contributed by atoms with E-state index in [0.717, 1.165) is 68.8 Å². The fourth-order valence-electron chi connectivity index (χ4n) is 6.04. The molecule has 0 radical (unpaired) electrons. The zero-order chi connectivity index (χ0) is 25.6. The van der Waals surface area contributed by atoms with Crippen LogP contribution in [0.4, 0.5) is 0 Å². The summed E-state index contributed by atoms with van der Waals surface area (Å²) in [6.45, 7) is 3.37. The molecule has 1 saturated heterocycles. The van der Waals surface area contributed by atoms with Crippen LogP contribution in [0.25, 0.3) is 11.3 Å². The summed E-state index contributed by atoms with van der Waals surface area (Å²) in [5.74, 6) is 1.03. The number of benzene rings is 2. The van der Waals surface area contributed by atoms with Crippen molar-refractivity contribution in [1.29, 1.82) is 0 Å². The van der Waals surface area contributed by atoms with Crippen molar-refractivity contribution in [2.45, 2.75) is 63.2 Å². The Morgan fingerprint density at radius 3 is 2.76 bits per heavy atom. The second kappa shape index (κ2) is 12.1. The molecule has 2 aromatic carbocycles. The van der Waals surface area contributed by atoms with Gasteiger partial charge in [0.15, 0.2) is 0 Å². The van der Waals surface area contributed by atoms with Crippen molar-refractivity contribution in [3.8, 4) is 11.3 Å². The molecule has 3 aromatic rings. The first-order valence-corrected chi connectivity index (χ1v) is 13.6. The topological polar surface area (TPSA) is 71.9 Å². The van der Waals surface area contributed by atoms with Crippen LogP contribution >= 0.6 is 0 Å². The first-order chi connectivity index (χ1) is 18.1. The lowest BCUT2D eigenvalue weighted by molar-refractivity contribution is -0.134. The molecule has 0 spiro atoms. The summed E-state index contributed by atoms with van der Waals surface area (Å²) in [6.07, 6.45) is 7.04. The van der Waals surface area contributed by atoms with Gasteiger partial charge in [-0.3, -0.25) is 9.69 Å². The number of hydrogen-bond donors (Lipinski definition) is 1. The highest BCUT2D eigenvalue weighted by molar-refractivity contribution is 5.77. The second-order valence-corrected chi connectivity index (χ2v) is 10.5. The minimum Gasteiger partial charge on any atom is -0.464 e. The van der Waals surface area contributed by atoms with Gasteiger partial charge in [0.2, 0.25) is 5.91 Å². The summed E-state index contributed by atoms with van der Waals surface area (Å²) >= 11 is 0. The molecule has 37 heavy (non-hydrogen) atoms. The number of carbonyl (C=O) groups excluding carboxylic acids is 1. The van der Waals surface area contributed by atoms with Crippen molar-refractivity contribution in [2.24, 2.45) is 5.73 Å². The van der Waals surface area contributed by atoms with Crippen LogP contribution in [-0.4, -0.2) is 54.6 Å². The van der Waals surface area contributed by atoms with Crippen molar-refractivity contribution in [3.63, 3.8) is 0 Å². The highest BCUT2D eigenvalue weighted by atomic mass is 16.5. The van der Waals surface area contributed by atoms with Gasteiger partial charge in [-0.25, -0.2) is 0 Å². The molecule has 5 rings (SSSR count). The molecule has 2 aliphatic heterocycles. The molecule has 1 fully saturated rings. The van der Waals surface area contributed by atoms with E-state index in [-0.39, 0.29) is 11.9 Å². The summed E-state index contributed by atoms with van der Waals surface area (Å²) in [6, 6.07) is 21.5.